The number of ether oxygens (including phenoxy) is 2. The molecule has 5 nitrogen and oxygen atoms in total. The number of aromatic nitrogens is 3. The van der Waals surface area contributed by atoms with Crippen LogP contribution in [-0.2, 0) is 18.9 Å². The van der Waals surface area contributed by atoms with Gasteiger partial charge in [-0.3, -0.25) is 0 Å². The van der Waals surface area contributed by atoms with Gasteiger partial charge in [0.05, 0.1) is 12.1 Å². The molecular formula is C20H22ClN3O2S. The van der Waals surface area contributed by atoms with E-state index in [4.69, 9.17) is 21.1 Å². The van der Waals surface area contributed by atoms with E-state index in [2.05, 4.69) is 27.8 Å². The highest BCUT2D eigenvalue weighted by Gasteiger charge is 2.13. The minimum Gasteiger partial charge on any atom is -0.497 e. The topological polar surface area (TPSA) is 49.2 Å². The minimum absolute atomic E-state index is 0.323. The summed E-state index contributed by atoms with van der Waals surface area (Å²) >= 11 is 7.85. The molecule has 0 N–H and O–H groups in total. The van der Waals surface area contributed by atoms with E-state index < -0.39 is 0 Å². The molecule has 0 saturated heterocycles. The van der Waals surface area contributed by atoms with Crippen LogP contribution >= 0.6 is 23.4 Å². The molecule has 0 aliphatic carbocycles. The number of aryl methyl sites for hydroxylation is 1. The Morgan fingerprint density at radius 3 is 2.78 bits per heavy atom. The second-order valence-corrected chi connectivity index (χ2v) is 7.36. The fourth-order valence-corrected chi connectivity index (χ4v) is 3.76. The number of methoxy groups -OCH3 is 1. The highest BCUT2D eigenvalue weighted by atomic mass is 35.5. The third kappa shape index (κ3) is 4.96. The summed E-state index contributed by atoms with van der Waals surface area (Å²) in [5, 5.41) is 10.1. The third-order valence-corrected chi connectivity index (χ3v) is 5.41. The first kappa shape index (κ1) is 19.6. The Kier molecular flexibility index (Phi) is 6.63. The van der Waals surface area contributed by atoms with Crippen LogP contribution in [0, 0.1) is 6.92 Å². The van der Waals surface area contributed by atoms with Crippen molar-refractivity contribution in [3.05, 3.63) is 64.4 Å². The number of hydrogen-bond donors (Lipinski definition) is 0. The van der Waals surface area contributed by atoms with Crippen LogP contribution in [0.3, 0.4) is 0 Å². The number of halogens is 1. The Balaban J connectivity index is 1.68. The third-order valence-electron chi connectivity index (χ3n) is 4.06. The smallest absolute Gasteiger partial charge is 0.191 e. The van der Waals surface area contributed by atoms with Crippen LogP contribution in [0.1, 0.15) is 23.9 Å². The molecule has 0 saturated carbocycles. The molecule has 0 aliphatic rings. The van der Waals surface area contributed by atoms with Crippen LogP contribution in [-0.4, -0.2) is 21.9 Å². The lowest BCUT2D eigenvalue weighted by Crippen LogP contribution is -2.07. The van der Waals surface area contributed by atoms with E-state index >= 15 is 0 Å². The Labute approximate surface area is 168 Å². The number of rotatable bonds is 8. The van der Waals surface area contributed by atoms with Crippen LogP contribution in [0.25, 0.3) is 0 Å². The maximum absolute atomic E-state index is 6.20. The van der Waals surface area contributed by atoms with Gasteiger partial charge in [0.2, 0.25) is 0 Å². The van der Waals surface area contributed by atoms with Gasteiger partial charge in [-0.05, 0) is 49.2 Å². The molecule has 1 aromatic heterocycles. The normalized spacial score (nSPS) is 10.8. The van der Waals surface area contributed by atoms with Gasteiger partial charge in [0, 0.05) is 12.3 Å². The van der Waals surface area contributed by atoms with Gasteiger partial charge < -0.3 is 14.0 Å². The second kappa shape index (κ2) is 9.15. The number of benzene rings is 2. The van der Waals surface area contributed by atoms with Crippen molar-refractivity contribution >= 4 is 23.4 Å². The number of hydrogen-bond acceptors (Lipinski definition) is 5. The number of nitrogens with zero attached hydrogens (tertiary/aromatic N) is 3. The van der Waals surface area contributed by atoms with Crippen molar-refractivity contribution in [3.63, 3.8) is 0 Å². The highest BCUT2D eigenvalue weighted by molar-refractivity contribution is 7.98. The molecule has 0 aliphatic heterocycles. The van der Waals surface area contributed by atoms with Crippen molar-refractivity contribution in [2.24, 2.45) is 0 Å². The maximum Gasteiger partial charge on any atom is 0.191 e. The summed E-state index contributed by atoms with van der Waals surface area (Å²) in [5.74, 6) is 3.09. The summed E-state index contributed by atoms with van der Waals surface area (Å²) in [4.78, 5) is 0. The standard InChI is InChI=1S/C20H22ClN3O2S/c1-4-24-19(12-26-18-10-14(2)8-9-17(18)21)22-23-20(24)27-13-15-6-5-7-16(11-15)25-3/h5-11H,4,12-13H2,1-3H3. The highest BCUT2D eigenvalue weighted by Crippen LogP contribution is 2.27. The first-order chi connectivity index (χ1) is 13.1. The monoisotopic (exact) mass is 403 g/mol. The molecule has 2 aromatic carbocycles. The Hall–Kier alpha value is -2.18. The Morgan fingerprint density at radius 2 is 2.00 bits per heavy atom. The lowest BCUT2D eigenvalue weighted by molar-refractivity contribution is 0.288. The van der Waals surface area contributed by atoms with Crippen LogP contribution in [0.2, 0.25) is 5.02 Å². The maximum atomic E-state index is 6.20. The fourth-order valence-electron chi connectivity index (χ4n) is 2.62. The van der Waals surface area contributed by atoms with E-state index in [9.17, 15) is 0 Å². The van der Waals surface area contributed by atoms with Crippen molar-refractivity contribution in [3.8, 4) is 11.5 Å². The van der Waals surface area contributed by atoms with Crippen LogP contribution in [0.4, 0.5) is 0 Å². The average Bonchev–Trinajstić information content (AvgIpc) is 3.09. The van der Waals surface area contributed by atoms with Gasteiger partial charge in [0.15, 0.2) is 11.0 Å². The molecule has 0 radical (unpaired) electrons. The SMILES string of the molecule is CCn1c(COc2cc(C)ccc2Cl)nnc1SCc1cccc(OC)c1. The Morgan fingerprint density at radius 1 is 1.15 bits per heavy atom. The summed E-state index contributed by atoms with van der Waals surface area (Å²) in [7, 11) is 1.67. The zero-order valence-electron chi connectivity index (χ0n) is 15.6. The average molecular weight is 404 g/mol. The second-order valence-electron chi connectivity index (χ2n) is 6.01. The molecule has 0 amide bonds. The lowest BCUT2D eigenvalue weighted by atomic mass is 10.2. The molecule has 3 aromatic rings. The summed E-state index contributed by atoms with van der Waals surface area (Å²) in [6, 6.07) is 13.8. The minimum atomic E-state index is 0.323. The fraction of sp³-hybridized carbons (Fsp3) is 0.300. The van der Waals surface area contributed by atoms with Gasteiger partial charge in [-0.15, -0.1) is 10.2 Å². The van der Waals surface area contributed by atoms with Gasteiger partial charge in [-0.1, -0.05) is 41.6 Å². The molecule has 0 bridgehead atoms. The lowest BCUT2D eigenvalue weighted by Gasteiger charge is -2.10. The van der Waals surface area contributed by atoms with Crippen LogP contribution < -0.4 is 9.47 Å². The summed E-state index contributed by atoms with van der Waals surface area (Å²) in [6.45, 7) is 5.17. The van der Waals surface area contributed by atoms with E-state index in [0.717, 1.165) is 34.6 Å². The van der Waals surface area contributed by atoms with Crippen LogP contribution in [0.5, 0.6) is 11.5 Å². The Bertz CT molecular complexity index is 914. The summed E-state index contributed by atoms with van der Waals surface area (Å²) in [6.07, 6.45) is 0. The van der Waals surface area contributed by atoms with Crippen molar-refractivity contribution in [2.75, 3.05) is 7.11 Å². The van der Waals surface area contributed by atoms with Gasteiger partial charge in [0.1, 0.15) is 18.1 Å². The van der Waals surface area contributed by atoms with Crippen molar-refractivity contribution < 1.29 is 9.47 Å². The summed E-state index contributed by atoms with van der Waals surface area (Å²) in [5.41, 5.74) is 2.27. The van der Waals surface area contributed by atoms with Crippen molar-refractivity contribution in [2.45, 2.75) is 37.9 Å². The molecule has 1 heterocycles. The molecule has 27 heavy (non-hydrogen) atoms. The predicted molar refractivity (Wildman–Crippen MR) is 109 cm³/mol. The molecule has 0 fully saturated rings. The summed E-state index contributed by atoms with van der Waals surface area (Å²) < 4.78 is 13.2. The molecule has 3 rings (SSSR count). The van der Waals surface area contributed by atoms with E-state index in [1.54, 1.807) is 18.9 Å². The van der Waals surface area contributed by atoms with Gasteiger partial charge >= 0.3 is 0 Å². The quantitative estimate of drug-likeness (QED) is 0.487. The van der Waals surface area contributed by atoms with Crippen LogP contribution in [0.15, 0.2) is 47.6 Å². The van der Waals surface area contributed by atoms with E-state index in [1.165, 1.54) is 5.56 Å². The van der Waals surface area contributed by atoms with Gasteiger partial charge in [-0.2, -0.15) is 0 Å². The molecule has 142 valence electrons. The van der Waals surface area contributed by atoms with E-state index in [-0.39, 0.29) is 0 Å². The van der Waals surface area contributed by atoms with E-state index in [1.807, 2.05) is 43.3 Å². The zero-order chi connectivity index (χ0) is 19.2. The van der Waals surface area contributed by atoms with Gasteiger partial charge in [-0.25, -0.2) is 0 Å². The van der Waals surface area contributed by atoms with Gasteiger partial charge in [0.25, 0.3) is 0 Å². The molecule has 0 unspecified atom stereocenters. The van der Waals surface area contributed by atoms with Crippen molar-refractivity contribution in [1.29, 1.82) is 0 Å². The number of thioether (sulfide) groups is 1. The first-order valence-corrected chi connectivity index (χ1v) is 10.0. The molecule has 0 spiro atoms. The van der Waals surface area contributed by atoms with E-state index in [0.29, 0.717) is 17.4 Å². The first-order valence-electron chi connectivity index (χ1n) is 8.67. The van der Waals surface area contributed by atoms with Crippen molar-refractivity contribution in [1.82, 2.24) is 14.8 Å². The zero-order valence-corrected chi connectivity index (χ0v) is 17.2. The largest absolute Gasteiger partial charge is 0.497 e. The predicted octanol–water partition coefficient (Wildman–Crippen LogP) is 5.14. The molecule has 7 heteroatoms. The molecule has 0 atom stereocenters. The molecular weight excluding hydrogens is 382 g/mol.